The molecule has 0 bridgehead atoms. The summed E-state index contributed by atoms with van der Waals surface area (Å²) in [5.41, 5.74) is 4.19. The summed E-state index contributed by atoms with van der Waals surface area (Å²) in [6, 6.07) is 4.82. The number of nitrogens with two attached hydrogens (primary N) is 1. The molecule has 3 rings (SSSR count). The van der Waals surface area contributed by atoms with Crippen LogP contribution < -0.4 is 32.9 Å². The number of aromatic amines is 1. The Morgan fingerprint density at radius 1 is 1.08 bits per heavy atom. The first-order valence-corrected chi connectivity index (χ1v) is 12.2. The van der Waals surface area contributed by atoms with Gasteiger partial charge >= 0.3 is 17.7 Å². The summed E-state index contributed by atoms with van der Waals surface area (Å²) in [5, 5.41) is 17.4. The molecule has 1 saturated carbocycles. The lowest BCUT2D eigenvalue weighted by molar-refractivity contribution is -0.143. The summed E-state index contributed by atoms with van der Waals surface area (Å²) in [6.45, 7) is 0.163. The number of primary amides is 1. The number of H-pyrrole nitrogens is 1. The maximum atomic E-state index is 12.6. The van der Waals surface area contributed by atoms with Crippen LogP contribution >= 0.6 is 0 Å². The van der Waals surface area contributed by atoms with Crippen LogP contribution in [0.1, 0.15) is 38.5 Å². The average molecular weight is 517 g/mol. The Kier molecular flexibility index (Phi) is 9.41. The third kappa shape index (κ3) is 7.66. The summed E-state index contributed by atoms with van der Waals surface area (Å²) in [7, 11) is 0. The van der Waals surface area contributed by atoms with Crippen molar-refractivity contribution in [2.45, 2.75) is 51.1 Å². The van der Waals surface area contributed by atoms with E-state index in [2.05, 4.69) is 20.9 Å². The van der Waals surface area contributed by atoms with Crippen LogP contribution in [-0.2, 0) is 20.9 Å². The number of nitrogens with zero attached hydrogens (tertiary/aromatic N) is 1. The Morgan fingerprint density at radius 2 is 1.78 bits per heavy atom. The normalized spacial score (nSPS) is 18.1. The molecule has 0 aliphatic heterocycles. The minimum Gasteiger partial charge on any atom is -0.480 e. The molecule has 1 atom stereocenters. The first-order chi connectivity index (χ1) is 17.7. The van der Waals surface area contributed by atoms with Crippen molar-refractivity contribution in [1.29, 1.82) is 0 Å². The van der Waals surface area contributed by atoms with E-state index in [-0.39, 0.29) is 30.7 Å². The summed E-state index contributed by atoms with van der Waals surface area (Å²) < 4.78 is 0.863. The summed E-state index contributed by atoms with van der Waals surface area (Å²) in [4.78, 5) is 74.6. The van der Waals surface area contributed by atoms with Gasteiger partial charge in [0.15, 0.2) is 0 Å². The molecule has 1 aromatic heterocycles. The summed E-state index contributed by atoms with van der Waals surface area (Å²) in [6.07, 6.45) is 2.93. The molecule has 1 aliphatic rings. The van der Waals surface area contributed by atoms with Crippen LogP contribution in [0.2, 0.25) is 0 Å². The smallest absolute Gasteiger partial charge is 0.329 e. The average Bonchev–Trinajstić information content (AvgIpc) is 2.87. The number of fused-ring (bicyclic) bond motifs is 1. The number of aliphatic carboxylic acids is 1. The van der Waals surface area contributed by atoms with Crippen molar-refractivity contribution < 1.29 is 24.3 Å². The Balaban J connectivity index is 1.44. The molecule has 1 aliphatic carbocycles. The molecule has 1 fully saturated rings. The Hall–Kier alpha value is -4.16. The van der Waals surface area contributed by atoms with Crippen LogP contribution in [0.25, 0.3) is 10.9 Å². The maximum absolute atomic E-state index is 12.6. The van der Waals surface area contributed by atoms with Crippen LogP contribution in [0.15, 0.2) is 33.9 Å². The van der Waals surface area contributed by atoms with Gasteiger partial charge in [0.25, 0.3) is 5.56 Å². The van der Waals surface area contributed by atoms with Crippen LogP contribution in [0.4, 0.5) is 4.79 Å². The number of carbonyl (C=O) groups is 4. The van der Waals surface area contributed by atoms with Gasteiger partial charge in [0, 0.05) is 19.0 Å². The van der Waals surface area contributed by atoms with Crippen molar-refractivity contribution in [2.75, 3.05) is 13.1 Å². The second-order valence-electron chi connectivity index (χ2n) is 9.22. The number of carboxylic acid groups (broad SMARTS) is 1. The van der Waals surface area contributed by atoms with E-state index in [0.29, 0.717) is 49.6 Å². The number of amides is 4. The third-order valence-electron chi connectivity index (χ3n) is 6.58. The number of carbonyl (C=O) groups excluding carboxylic acids is 3. The molecule has 37 heavy (non-hydrogen) atoms. The van der Waals surface area contributed by atoms with Crippen molar-refractivity contribution >= 4 is 34.7 Å². The second-order valence-corrected chi connectivity index (χ2v) is 9.22. The summed E-state index contributed by atoms with van der Waals surface area (Å²) in [5.74, 6) is -2.14. The zero-order chi connectivity index (χ0) is 26.9. The van der Waals surface area contributed by atoms with E-state index < -0.39 is 41.7 Å². The molecule has 1 aromatic carbocycles. The van der Waals surface area contributed by atoms with Gasteiger partial charge < -0.3 is 31.8 Å². The number of rotatable bonds is 11. The van der Waals surface area contributed by atoms with Gasteiger partial charge in [-0.05, 0) is 56.6 Å². The van der Waals surface area contributed by atoms with Gasteiger partial charge in [-0.2, -0.15) is 0 Å². The molecule has 13 heteroatoms. The molecule has 13 nitrogen and oxygen atoms in total. The van der Waals surface area contributed by atoms with Crippen molar-refractivity contribution in [3.05, 3.63) is 45.1 Å². The van der Waals surface area contributed by atoms with E-state index in [1.54, 1.807) is 24.3 Å². The van der Waals surface area contributed by atoms with Gasteiger partial charge in [-0.1, -0.05) is 12.1 Å². The van der Waals surface area contributed by atoms with Gasteiger partial charge in [0.05, 0.1) is 10.9 Å². The maximum Gasteiger partial charge on any atom is 0.329 e. The molecular formula is C24H32N6O7. The van der Waals surface area contributed by atoms with Gasteiger partial charge in [0.1, 0.15) is 12.6 Å². The van der Waals surface area contributed by atoms with Crippen LogP contribution in [0.3, 0.4) is 0 Å². The lowest BCUT2D eigenvalue weighted by atomic mass is 9.81. The molecule has 1 heterocycles. The molecule has 0 spiro atoms. The number of hydrogen-bond acceptors (Lipinski definition) is 6. The van der Waals surface area contributed by atoms with Gasteiger partial charge in [0.2, 0.25) is 11.8 Å². The molecule has 0 unspecified atom stereocenters. The SMILES string of the molecule is NC(=O)NCCC[C@@H](NC(=O)C1CCC(CNC(=O)Cn2c(=O)[nH]c3ccccc3c2=O)CC1)C(=O)O. The number of carboxylic acids is 1. The molecule has 0 saturated heterocycles. The first-order valence-electron chi connectivity index (χ1n) is 12.2. The minimum absolute atomic E-state index is 0.120. The van der Waals surface area contributed by atoms with E-state index in [1.165, 1.54) is 0 Å². The van der Waals surface area contributed by atoms with Crippen molar-refractivity contribution in [3.8, 4) is 0 Å². The fourth-order valence-corrected chi connectivity index (χ4v) is 4.49. The van der Waals surface area contributed by atoms with E-state index >= 15 is 0 Å². The molecule has 2 aromatic rings. The predicted octanol–water partition coefficient (Wildman–Crippen LogP) is -0.370. The van der Waals surface area contributed by atoms with Crippen LogP contribution in [0.5, 0.6) is 0 Å². The van der Waals surface area contributed by atoms with Gasteiger partial charge in [-0.3, -0.25) is 19.0 Å². The number of urea groups is 1. The monoisotopic (exact) mass is 516 g/mol. The van der Waals surface area contributed by atoms with E-state index in [1.807, 2.05) is 0 Å². The Bertz CT molecular complexity index is 1260. The predicted molar refractivity (Wildman–Crippen MR) is 134 cm³/mol. The highest BCUT2D eigenvalue weighted by Gasteiger charge is 2.29. The lowest BCUT2D eigenvalue weighted by Gasteiger charge is -2.28. The quantitative estimate of drug-likeness (QED) is 0.218. The standard InChI is InChI=1S/C24H32N6O7/c25-23(36)26-11-3-6-18(22(34)35)28-20(32)15-9-7-14(8-10-15)12-27-19(31)13-30-21(33)16-4-1-2-5-17(16)29-24(30)37/h1-2,4-5,14-15,18H,3,6-13H2,(H,27,31)(H,28,32)(H,29,37)(H,34,35)(H3,25,26,36)/t14?,15?,18-/m1/s1. The van der Waals surface area contributed by atoms with Crippen LogP contribution in [0, 0.1) is 11.8 Å². The number of hydrogen-bond donors (Lipinski definition) is 6. The Labute approximate surface area is 211 Å². The molecule has 7 N–H and O–H groups in total. The minimum atomic E-state index is -1.15. The van der Waals surface area contributed by atoms with E-state index in [0.717, 1.165) is 4.57 Å². The molecular weight excluding hydrogens is 484 g/mol. The van der Waals surface area contributed by atoms with Gasteiger partial charge in [-0.25, -0.2) is 14.4 Å². The highest BCUT2D eigenvalue weighted by atomic mass is 16.4. The Morgan fingerprint density at radius 3 is 2.46 bits per heavy atom. The van der Waals surface area contributed by atoms with E-state index in [9.17, 15) is 33.9 Å². The van der Waals surface area contributed by atoms with Crippen LogP contribution in [-0.4, -0.2) is 57.6 Å². The van der Waals surface area contributed by atoms with Crippen molar-refractivity contribution in [2.24, 2.45) is 17.6 Å². The number of aromatic nitrogens is 2. The number of nitrogens with one attached hydrogen (secondary N) is 4. The lowest BCUT2D eigenvalue weighted by Crippen LogP contribution is -2.45. The third-order valence-corrected chi connectivity index (χ3v) is 6.58. The van der Waals surface area contributed by atoms with Crippen molar-refractivity contribution in [3.63, 3.8) is 0 Å². The zero-order valence-electron chi connectivity index (χ0n) is 20.3. The summed E-state index contributed by atoms with van der Waals surface area (Å²) >= 11 is 0. The molecule has 0 radical (unpaired) electrons. The van der Waals surface area contributed by atoms with Gasteiger partial charge in [-0.15, -0.1) is 0 Å². The van der Waals surface area contributed by atoms with E-state index in [4.69, 9.17) is 5.73 Å². The zero-order valence-corrected chi connectivity index (χ0v) is 20.3. The van der Waals surface area contributed by atoms with Crippen molar-refractivity contribution in [1.82, 2.24) is 25.5 Å². The molecule has 200 valence electrons. The number of para-hydroxylation sites is 1. The largest absolute Gasteiger partial charge is 0.480 e. The molecule has 4 amide bonds. The highest BCUT2D eigenvalue weighted by Crippen LogP contribution is 2.28. The highest BCUT2D eigenvalue weighted by molar-refractivity contribution is 5.85. The second kappa shape index (κ2) is 12.7. The first kappa shape index (κ1) is 27.4. The topological polar surface area (TPSA) is 205 Å². The fourth-order valence-electron chi connectivity index (χ4n) is 4.49. The number of benzene rings is 1. The fraction of sp³-hybridized carbons (Fsp3) is 0.500.